The summed E-state index contributed by atoms with van der Waals surface area (Å²) < 4.78 is 14.7. The number of hydrogen-bond donors (Lipinski definition) is 3. The van der Waals surface area contributed by atoms with Gasteiger partial charge in [0.2, 0.25) is 0 Å². The molecule has 0 spiro atoms. The third kappa shape index (κ3) is 3.90. The van der Waals surface area contributed by atoms with E-state index in [0.717, 1.165) is 0 Å². The smallest absolute Gasteiger partial charge is 0.308 e. The largest absolute Gasteiger partial charge is 0.463 e. The van der Waals surface area contributed by atoms with E-state index in [1.165, 1.54) is 14.0 Å². The molecule has 1 heterocycles. The summed E-state index contributed by atoms with van der Waals surface area (Å²) in [4.78, 5) is 11.1. The monoisotopic (exact) mass is 250 g/mol. The third-order valence-corrected chi connectivity index (χ3v) is 2.42. The standard InChI is InChI=1S/C10H18O7/c1-5(11)3-7(12)16-4-6-8(13)9(14)10(15-2)17-6/h5-6,8-11,13-14H,3-4H2,1-2H3/t5-,6-,8-,9+,10+/m1/s1. The molecule has 1 saturated heterocycles. The zero-order valence-electron chi connectivity index (χ0n) is 9.78. The predicted molar refractivity (Wildman–Crippen MR) is 54.9 cm³/mol. The van der Waals surface area contributed by atoms with E-state index >= 15 is 0 Å². The predicted octanol–water partition coefficient (Wildman–Crippen LogP) is -1.61. The van der Waals surface area contributed by atoms with Crippen molar-refractivity contribution >= 4 is 5.97 Å². The second kappa shape index (κ2) is 6.27. The molecule has 5 atom stereocenters. The molecule has 1 rings (SSSR count). The van der Waals surface area contributed by atoms with Crippen molar-refractivity contribution in [3.8, 4) is 0 Å². The number of carbonyl (C=O) groups excluding carboxylic acids is 1. The number of carbonyl (C=O) groups is 1. The van der Waals surface area contributed by atoms with Gasteiger partial charge >= 0.3 is 5.97 Å². The Bertz CT molecular complexity index is 255. The Balaban J connectivity index is 2.35. The van der Waals surface area contributed by atoms with Crippen LogP contribution in [-0.4, -0.2) is 65.7 Å². The van der Waals surface area contributed by atoms with E-state index in [1.807, 2.05) is 0 Å². The van der Waals surface area contributed by atoms with Crippen LogP contribution in [0.4, 0.5) is 0 Å². The zero-order chi connectivity index (χ0) is 13.0. The minimum atomic E-state index is -1.17. The number of aliphatic hydroxyl groups excluding tert-OH is 3. The molecule has 7 nitrogen and oxygen atoms in total. The molecule has 0 amide bonds. The quantitative estimate of drug-likeness (QED) is 0.504. The molecule has 0 bridgehead atoms. The summed E-state index contributed by atoms with van der Waals surface area (Å²) >= 11 is 0. The van der Waals surface area contributed by atoms with Crippen molar-refractivity contribution in [1.29, 1.82) is 0 Å². The summed E-state index contributed by atoms with van der Waals surface area (Å²) in [7, 11) is 1.34. The van der Waals surface area contributed by atoms with Crippen molar-refractivity contribution in [2.45, 2.75) is 44.1 Å². The normalized spacial score (nSPS) is 34.6. The van der Waals surface area contributed by atoms with E-state index in [0.29, 0.717) is 0 Å². The molecule has 1 fully saturated rings. The first kappa shape index (κ1) is 14.3. The molecule has 0 aromatic carbocycles. The molecule has 100 valence electrons. The van der Waals surface area contributed by atoms with E-state index < -0.39 is 36.7 Å². The van der Waals surface area contributed by atoms with Crippen LogP contribution in [0.2, 0.25) is 0 Å². The zero-order valence-corrected chi connectivity index (χ0v) is 9.78. The summed E-state index contributed by atoms with van der Waals surface area (Å²) in [5.41, 5.74) is 0. The van der Waals surface area contributed by atoms with Crippen molar-refractivity contribution < 1.29 is 34.3 Å². The van der Waals surface area contributed by atoms with E-state index in [-0.39, 0.29) is 13.0 Å². The fourth-order valence-electron chi connectivity index (χ4n) is 1.52. The Kier molecular flexibility index (Phi) is 5.29. The molecule has 0 aliphatic carbocycles. The topological polar surface area (TPSA) is 105 Å². The van der Waals surface area contributed by atoms with E-state index in [2.05, 4.69) is 0 Å². The van der Waals surface area contributed by atoms with Crippen molar-refractivity contribution in [3.05, 3.63) is 0 Å². The highest BCUT2D eigenvalue weighted by Crippen LogP contribution is 2.22. The molecule has 0 aromatic rings. The first-order valence-corrected chi connectivity index (χ1v) is 5.33. The van der Waals surface area contributed by atoms with Gasteiger partial charge in [-0.25, -0.2) is 0 Å². The maximum atomic E-state index is 11.1. The van der Waals surface area contributed by atoms with Crippen LogP contribution in [0, 0.1) is 0 Å². The van der Waals surface area contributed by atoms with Crippen LogP contribution in [0.3, 0.4) is 0 Å². The lowest BCUT2D eigenvalue weighted by Crippen LogP contribution is -2.35. The van der Waals surface area contributed by atoms with Crippen LogP contribution >= 0.6 is 0 Å². The van der Waals surface area contributed by atoms with Gasteiger partial charge in [-0.1, -0.05) is 0 Å². The summed E-state index contributed by atoms with van der Waals surface area (Å²) in [6.07, 6.45) is -4.99. The van der Waals surface area contributed by atoms with Gasteiger partial charge in [-0.05, 0) is 6.92 Å². The van der Waals surface area contributed by atoms with Gasteiger partial charge in [-0.3, -0.25) is 4.79 Å². The van der Waals surface area contributed by atoms with Gasteiger partial charge in [0.05, 0.1) is 12.5 Å². The number of aliphatic hydroxyl groups is 3. The second-order valence-corrected chi connectivity index (χ2v) is 4.00. The minimum Gasteiger partial charge on any atom is -0.463 e. The SMILES string of the molecule is CO[C@H]1O[C@H](COC(=O)C[C@@H](C)O)[C@@H](O)[C@@H]1O. The van der Waals surface area contributed by atoms with Crippen molar-refractivity contribution in [2.75, 3.05) is 13.7 Å². The number of esters is 1. The first-order chi connectivity index (χ1) is 7.95. The van der Waals surface area contributed by atoms with Gasteiger partial charge in [0.15, 0.2) is 6.29 Å². The molecule has 17 heavy (non-hydrogen) atoms. The van der Waals surface area contributed by atoms with Gasteiger partial charge in [-0.15, -0.1) is 0 Å². The molecule has 1 aliphatic heterocycles. The molecular formula is C10H18O7. The molecule has 7 heteroatoms. The van der Waals surface area contributed by atoms with Gasteiger partial charge < -0.3 is 29.5 Å². The highest BCUT2D eigenvalue weighted by molar-refractivity contribution is 5.69. The summed E-state index contributed by atoms with van der Waals surface area (Å²) in [5.74, 6) is -0.592. The fourth-order valence-corrected chi connectivity index (χ4v) is 1.52. The summed E-state index contributed by atoms with van der Waals surface area (Å²) in [6.45, 7) is 1.27. The van der Waals surface area contributed by atoms with E-state index in [4.69, 9.17) is 19.3 Å². The van der Waals surface area contributed by atoms with Gasteiger partial charge in [-0.2, -0.15) is 0 Å². The average Bonchev–Trinajstić information content (AvgIpc) is 2.52. The van der Waals surface area contributed by atoms with Gasteiger partial charge in [0.1, 0.15) is 24.9 Å². The maximum Gasteiger partial charge on any atom is 0.308 e. The molecule has 1 aliphatic rings. The van der Waals surface area contributed by atoms with Crippen molar-refractivity contribution in [2.24, 2.45) is 0 Å². The Morgan fingerprint density at radius 2 is 2.06 bits per heavy atom. The van der Waals surface area contributed by atoms with Crippen molar-refractivity contribution in [1.82, 2.24) is 0 Å². The van der Waals surface area contributed by atoms with Gasteiger partial charge in [0.25, 0.3) is 0 Å². The summed E-state index contributed by atoms with van der Waals surface area (Å²) in [5, 5.41) is 28.0. The lowest BCUT2D eigenvalue weighted by molar-refractivity contribution is -0.166. The van der Waals surface area contributed by atoms with Crippen molar-refractivity contribution in [3.63, 3.8) is 0 Å². The Morgan fingerprint density at radius 3 is 2.53 bits per heavy atom. The number of rotatable bonds is 5. The second-order valence-electron chi connectivity index (χ2n) is 4.00. The Morgan fingerprint density at radius 1 is 1.41 bits per heavy atom. The maximum absolute atomic E-state index is 11.1. The fraction of sp³-hybridized carbons (Fsp3) is 0.900. The first-order valence-electron chi connectivity index (χ1n) is 5.33. The Hall–Kier alpha value is -0.730. The van der Waals surface area contributed by atoms with Crippen LogP contribution in [0.15, 0.2) is 0 Å². The van der Waals surface area contributed by atoms with Crippen LogP contribution < -0.4 is 0 Å². The molecule has 0 radical (unpaired) electrons. The lowest BCUT2D eigenvalue weighted by Gasteiger charge is -2.14. The number of methoxy groups -OCH3 is 1. The molecular weight excluding hydrogens is 232 g/mol. The minimum absolute atomic E-state index is 0.126. The average molecular weight is 250 g/mol. The van der Waals surface area contributed by atoms with Crippen LogP contribution in [0.25, 0.3) is 0 Å². The van der Waals surface area contributed by atoms with Gasteiger partial charge in [0, 0.05) is 7.11 Å². The highest BCUT2D eigenvalue weighted by atomic mass is 16.7. The van der Waals surface area contributed by atoms with E-state index in [1.54, 1.807) is 0 Å². The van der Waals surface area contributed by atoms with Crippen LogP contribution in [0.1, 0.15) is 13.3 Å². The third-order valence-electron chi connectivity index (χ3n) is 2.42. The molecule has 0 saturated carbocycles. The van der Waals surface area contributed by atoms with Crippen LogP contribution in [-0.2, 0) is 19.0 Å². The molecule has 0 unspecified atom stereocenters. The number of ether oxygens (including phenoxy) is 3. The molecule has 0 aromatic heterocycles. The number of hydrogen-bond acceptors (Lipinski definition) is 7. The lowest BCUT2D eigenvalue weighted by atomic mass is 10.1. The Labute approximate surface area is 98.9 Å². The molecule has 3 N–H and O–H groups in total. The van der Waals surface area contributed by atoms with Crippen LogP contribution in [0.5, 0.6) is 0 Å². The highest BCUT2D eigenvalue weighted by Gasteiger charge is 2.43. The summed E-state index contributed by atoms with van der Waals surface area (Å²) in [6, 6.07) is 0. The van der Waals surface area contributed by atoms with E-state index in [9.17, 15) is 15.0 Å².